The zero-order chi connectivity index (χ0) is 11.6. The van der Waals surface area contributed by atoms with E-state index in [9.17, 15) is 0 Å². The molecule has 0 radical (unpaired) electrons. The average molecular weight is 253 g/mol. The quantitative estimate of drug-likeness (QED) is 0.898. The number of thiophene rings is 1. The summed E-state index contributed by atoms with van der Waals surface area (Å²) in [6.45, 7) is 2.53. The second kappa shape index (κ2) is 5.06. The first-order valence-corrected chi connectivity index (χ1v) is 7.33. The van der Waals surface area contributed by atoms with Gasteiger partial charge in [-0.05, 0) is 35.2 Å². The van der Waals surface area contributed by atoms with Crippen LogP contribution in [0.4, 0.5) is 0 Å². The first-order valence-electron chi connectivity index (χ1n) is 6.39. The van der Waals surface area contributed by atoms with Crippen LogP contribution in [0.25, 0.3) is 0 Å². The van der Waals surface area contributed by atoms with Gasteiger partial charge in [-0.1, -0.05) is 0 Å². The first-order chi connectivity index (χ1) is 8.36. The van der Waals surface area contributed by atoms with Crippen LogP contribution in [0.2, 0.25) is 0 Å². The summed E-state index contributed by atoms with van der Waals surface area (Å²) in [7, 11) is 0. The van der Waals surface area contributed by atoms with E-state index >= 15 is 0 Å². The van der Waals surface area contributed by atoms with Gasteiger partial charge < -0.3 is 14.8 Å². The number of nitrogens with one attached hydrogen (secondary N) is 1. The van der Waals surface area contributed by atoms with Crippen LogP contribution in [0, 0.1) is 0 Å². The van der Waals surface area contributed by atoms with E-state index in [4.69, 9.17) is 9.47 Å². The topological polar surface area (TPSA) is 30.5 Å². The largest absolute Gasteiger partial charge is 0.348 e. The fourth-order valence-electron chi connectivity index (χ4n) is 2.70. The molecule has 0 bridgehead atoms. The summed E-state index contributed by atoms with van der Waals surface area (Å²) in [6.07, 6.45) is 4.39. The van der Waals surface area contributed by atoms with Crippen LogP contribution < -0.4 is 5.32 Å². The Hall–Kier alpha value is -0.420. The molecule has 3 nitrogen and oxygen atoms in total. The van der Waals surface area contributed by atoms with Crippen LogP contribution in [-0.2, 0) is 16.0 Å². The Labute approximate surface area is 106 Å². The molecule has 0 atom stereocenters. The molecule has 1 saturated heterocycles. The van der Waals surface area contributed by atoms with Crippen LogP contribution >= 0.6 is 11.3 Å². The normalized spacial score (nSPS) is 24.5. The van der Waals surface area contributed by atoms with Crippen LogP contribution in [0.15, 0.2) is 16.8 Å². The lowest BCUT2D eigenvalue weighted by Crippen LogP contribution is -2.41. The molecule has 1 aliphatic carbocycles. The highest BCUT2D eigenvalue weighted by Gasteiger charge is 2.40. The Balaban J connectivity index is 1.45. The zero-order valence-electron chi connectivity index (χ0n) is 9.98. The van der Waals surface area contributed by atoms with Crippen molar-refractivity contribution in [3.05, 3.63) is 22.4 Å². The van der Waals surface area contributed by atoms with Crippen LogP contribution in [0.5, 0.6) is 0 Å². The highest BCUT2D eigenvalue weighted by molar-refractivity contribution is 7.07. The SMILES string of the molecule is c1cc(CNC2CCC3(CC2)OCCO3)cs1. The molecule has 1 saturated carbocycles. The smallest absolute Gasteiger partial charge is 0.168 e. The van der Waals surface area contributed by atoms with Gasteiger partial charge in [0.1, 0.15) is 0 Å². The van der Waals surface area contributed by atoms with Gasteiger partial charge in [0.15, 0.2) is 5.79 Å². The van der Waals surface area contributed by atoms with Gasteiger partial charge in [0.2, 0.25) is 0 Å². The fraction of sp³-hybridized carbons (Fsp3) is 0.692. The van der Waals surface area contributed by atoms with Gasteiger partial charge in [-0.25, -0.2) is 0 Å². The molecule has 94 valence electrons. The molecule has 2 aliphatic rings. The minimum absolute atomic E-state index is 0.222. The van der Waals surface area contributed by atoms with Crippen molar-refractivity contribution >= 4 is 11.3 Å². The standard InChI is InChI=1S/C13H19NO2S/c1-4-13(15-6-7-16-13)5-2-12(1)14-9-11-3-8-17-10-11/h3,8,10,12,14H,1-2,4-7,9H2. The number of hydrogen-bond acceptors (Lipinski definition) is 4. The van der Waals surface area contributed by atoms with Crippen molar-refractivity contribution in [1.29, 1.82) is 0 Å². The lowest BCUT2D eigenvalue weighted by molar-refractivity contribution is -0.179. The van der Waals surface area contributed by atoms with Crippen molar-refractivity contribution in [2.75, 3.05) is 13.2 Å². The van der Waals surface area contributed by atoms with E-state index in [1.54, 1.807) is 11.3 Å². The summed E-state index contributed by atoms with van der Waals surface area (Å²) >= 11 is 1.76. The van der Waals surface area contributed by atoms with E-state index < -0.39 is 0 Å². The van der Waals surface area contributed by atoms with Crippen molar-refractivity contribution in [3.63, 3.8) is 0 Å². The van der Waals surface area contributed by atoms with Crippen LogP contribution in [0.1, 0.15) is 31.2 Å². The molecule has 3 rings (SSSR count). The Morgan fingerprint density at radius 1 is 1.29 bits per heavy atom. The Kier molecular flexibility index (Phi) is 3.47. The molecule has 2 fully saturated rings. The minimum atomic E-state index is -0.222. The number of hydrogen-bond donors (Lipinski definition) is 1. The average Bonchev–Trinajstić information content (AvgIpc) is 3.01. The van der Waals surface area contributed by atoms with Gasteiger partial charge in [-0.2, -0.15) is 11.3 Å². The third-order valence-electron chi connectivity index (χ3n) is 3.74. The van der Waals surface area contributed by atoms with Gasteiger partial charge in [0, 0.05) is 25.4 Å². The maximum Gasteiger partial charge on any atom is 0.168 e. The molecule has 1 aliphatic heterocycles. The van der Waals surface area contributed by atoms with Gasteiger partial charge in [-0.15, -0.1) is 0 Å². The fourth-order valence-corrected chi connectivity index (χ4v) is 3.37. The molecule has 4 heteroatoms. The molecule has 0 aromatic carbocycles. The molecular weight excluding hydrogens is 234 g/mol. The minimum Gasteiger partial charge on any atom is -0.348 e. The first kappa shape index (κ1) is 11.7. The summed E-state index contributed by atoms with van der Waals surface area (Å²) in [5, 5.41) is 7.97. The van der Waals surface area contributed by atoms with E-state index in [2.05, 4.69) is 22.1 Å². The predicted octanol–water partition coefficient (Wildman–Crippen LogP) is 2.52. The van der Waals surface area contributed by atoms with Crippen molar-refractivity contribution in [3.8, 4) is 0 Å². The predicted molar refractivity (Wildman–Crippen MR) is 68.0 cm³/mol. The molecule has 1 N–H and O–H groups in total. The van der Waals surface area contributed by atoms with Crippen molar-refractivity contribution in [2.24, 2.45) is 0 Å². The molecule has 1 spiro atoms. The Bertz CT molecular complexity index is 336. The summed E-state index contributed by atoms with van der Waals surface area (Å²) in [6, 6.07) is 2.80. The zero-order valence-corrected chi connectivity index (χ0v) is 10.8. The molecule has 1 aromatic rings. The maximum absolute atomic E-state index is 5.73. The monoisotopic (exact) mass is 253 g/mol. The van der Waals surface area contributed by atoms with E-state index in [1.165, 1.54) is 5.56 Å². The Morgan fingerprint density at radius 2 is 2.06 bits per heavy atom. The van der Waals surface area contributed by atoms with Gasteiger partial charge in [0.25, 0.3) is 0 Å². The second-order valence-electron chi connectivity index (χ2n) is 4.89. The Morgan fingerprint density at radius 3 is 2.71 bits per heavy atom. The van der Waals surface area contributed by atoms with E-state index in [0.29, 0.717) is 6.04 Å². The molecule has 1 aromatic heterocycles. The molecule has 17 heavy (non-hydrogen) atoms. The summed E-state index contributed by atoms with van der Waals surface area (Å²) < 4.78 is 11.5. The van der Waals surface area contributed by atoms with Crippen LogP contribution in [-0.4, -0.2) is 25.0 Å². The summed E-state index contributed by atoms with van der Waals surface area (Å²) in [5.74, 6) is -0.222. The molecular formula is C13H19NO2S. The molecule has 0 unspecified atom stereocenters. The van der Waals surface area contributed by atoms with Crippen LogP contribution in [0.3, 0.4) is 0 Å². The highest BCUT2D eigenvalue weighted by Crippen LogP contribution is 2.35. The highest BCUT2D eigenvalue weighted by atomic mass is 32.1. The third kappa shape index (κ3) is 2.71. The number of ether oxygens (including phenoxy) is 2. The lowest BCUT2D eigenvalue weighted by Gasteiger charge is -2.35. The van der Waals surface area contributed by atoms with Gasteiger partial charge in [-0.3, -0.25) is 0 Å². The number of rotatable bonds is 3. The summed E-state index contributed by atoms with van der Waals surface area (Å²) in [4.78, 5) is 0. The molecule has 0 amide bonds. The summed E-state index contributed by atoms with van der Waals surface area (Å²) in [5.41, 5.74) is 1.39. The van der Waals surface area contributed by atoms with E-state index in [-0.39, 0.29) is 5.79 Å². The van der Waals surface area contributed by atoms with Crippen molar-refractivity contribution in [2.45, 2.75) is 44.1 Å². The third-order valence-corrected chi connectivity index (χ3v) is 4.47. The molecule has 2 heterocycles. The lowest BCUT2D eigenvalue weighted by atomic mass is 9.90. The maximum atomic E-state index is 5.73. The van der Waals surface area contributed by atoms with Gasteiger partial charge in [0.05, 0.1) is 13.2 Å². The van der Waals surface area contributed by atoms with Crippen molar-refractivity contribution < 1.29 is 9.47 Å². The van der Waals surface area contributed by atoms with Crippen molar-refractivity contribution in [1.82, 2.24) is 5.32 Å². The van der Waals surface area contributed by atoms with E-state index in [0.717, 1.165) is 45.4 Å². The van der Waals surface area contributed by atoms with E-state index in [1.807, 2.05) is 0 Å². The second-order valence-corrected chi connectivity index (χ2v) is 5.67. The van der Waals surface area contributed by atoms with Gasteiger partial charge >= 0.3 is 0 Å².